The lowest BCUT2D eigenvalue weighted by atomic mass is 9.71. The number of rotatable bonds is 0. The van der Waals surface area contributed by atoms with Gasteiger partial charge in [0.25, 0.3) is 0 Å². The Kier molecular flexibility index (Phi) is 2.10. The Bertz CT molecular complexity index is 349. The zero-order valence-corrected chi connectivity index (χ0v) is 10.5. The van der Waals surface area contributed by atoms with Gasteiger partial charge in [-0.05, 0) is 44.9 Å². The van der Waals surface area contributed by atoms with Crippen LogP contribution in [0.2, 0.25) is 0 Å². The summed E-state index contributed by atoms with van der Waals surface area (Å²) in [5.74, 6) is 0.337. The minimum absolute atomic E-state index is 0.00947. The Balaban J connectivity index is 2.04. The fraction of sp³-hybridized carbons (Fsp3) is 0.857. The highest BCUT2D eigenvalue weighted by atomic mass is 16.5. The second-order valence-corrected chi connectivity index (χ2v) is 6.40. The first-order valence-electron chi connectivity index (χ1n) is 6.49. The maximum Gasteiger partial charge on any atom is 0.0963 e. The van der Waals surface area contributed by atoms with Crippen LogP contribution in [0.25, 0.3) is 0 Å². The Morgan fingerprint density at radius 3 is 2.94 bits per heavy atom. The molecular formula is C14H22O2. The fourth-order valence-electron chi connectivity index (χ4n) is 4.29. The van der Waals surface area contributed by atoms with Crippen LogP contribution in [-0.4, -0.2) is 22.9 Å². The summed E-state index contributed by atoms with van der Waals surface area (Å²) >= 11 is 0. The van der Waals surface area contributed by atoms with E-state index in [1.807, 2.05) is 6.92 Å². The normalized spacial score (nSPS) is 55.8. The zero-order valence-electron chi connectivity index (χ0n) is 10.5. The van der Waals surface area contributed by atoms with Crippen molar-refractivity contribution in [3.63, 3.8) is 0 Å². The van der Waals surface area contributed by atoms with E-state index in [-0.39, 0.29) is 17.6 Å². The van der Waals surface area contributed by atoms with E-state index < -0.39 is 5.60 Å². The molecule has 1 saturated carbocycles. The smallest absolute Gasteiger partial charge is 0.0963 e. The van der Waals surface area contributed by atoms with E-state index in [2.05, 4.69) is 19.9 Å². The predicted molar refractivity (Wildman–Crippen MR) is 63.1 cm³/mol. The quantitative estimate of drug-likeness (QED) is 0.638. The van der Waals surface area contributed by atoms with Gasteiger partial charge in [-0.1, -0.05) is 18.6 Å². The molecule has 1 unspecified atom stereocenters. The van der Waals surface area contributed by atoms with Crippen molar-refractivity contribution in [2.75, 3.05) is 0 Å². The number of hydrogen-bond acceptors (Lipinski definition) is 2. The van der Waals surface area contributed by atoms with Crippen molar-refractivity contribution in [1.29, 1.82) is 0 Å². The van der Waals surface area contributed by atoms with Crippen LogP contribution in [0.5, 0.6) is 0 Å². The van der Waals surface area contributed by atoms with Crippen molar-refractivity contribution in [3.8, 4) is 0 Å². The van der Waals surface area contributed by atoms with Gasteiger partial charge in [0.15, 0.2) is 0 Å². The highest BCUT2D eigenvalue weighted by Crippen LogP contribution is 2.60. The first-order chi connectivity index (χ1) is 7.46. The first-order valence-corrected chi connectivity index (χ1v) is 6.49. The van der Waals surface area contributed by atoms with E-state index in [9.17, 15) is 5.11 Å². The summed E-state index contributed by atoms with van der Waals surface area (Å²) in [6.07, 6.45) is 6.78. The highest BCUT2D eigenvalue weighted by Gasteiger charge is 2.64. The Morgan fingerprint density at radius 2 is 2.19 bits per heavy atom. The number of allylic oxidation sites excluding steroid dienone is 1. The lowest BCUT2D eigenvalue weighted by Crippen LogP contribution is -2.43. The molecule has 0 aromatic heterocycles. The summed E-state index contributed by atoms with van der Waals surface area (Å²) in [6, 6.07) is 0. The molecule has 0 amide bonds. The topological polar surface area (TPSA) is 29.5 Å². The molecule has 0 spiro atoms. The molecule has 2 nitrogen and oxygen atoms in total. The third kappa shape index (κ3) is 1.20. The molecule has 1 heterocycles. The van der Waals surface area contributed by atoms with Crippen LogP contribution >= 0.6 is 0 Å². The maximum atomic E-state index is 10.8. The molecule has 0 radical (unpaired) electrons. The molecule has 1 saturated heterocycles. The molecule has 2 heteroatoms. The molecule has 0 aromatic rings. The minimum Gasteiger partial charge on any atom is -0.387 e. The number of hydrogen-bond donors (Lipinski definition) is 1. The summed E-state index contributed by atoms with van der Waals surface area (Å²) in [4.78, 5) is 0. The minimum atomic E-state index is -0.558. The highest BCUT2D eigenvalue weighted by molar-refractivity contribution is 5.19. The lowest BCUT2D eigenvalue weighted by Gasteiger charge is -2.34. The summed E-state index contributed by atoms with van der Waals surface area (Å²) in [6.45, 7) is 6.56. The summed E-state index contributed by atoms with van der Waals surface area (Å²) in [5, 5.41) is 10.8. The van der Waals surface area contributed by atoms with Crippen molar-refractivity contribution < 1.29 is 9.84 Å². The zero-order chi connectivity index (χ0) is 11.6. The van der Waals surface area contributed by atoms with Gasteiger partial charge >= 0.3 is 0 Å². The van der Waals surface area contributed by atoms with Crippen LogP contribution in [0.4, 0.5) is 0 Å². The van der Waals surface area contributed by atoms with E-state index in [4.69, 9.17) is 4.74 Å². The van der Waals surface area contributed by atoms with Crippen LogP contribution in [0.3, 0.4) is 0 Å². The van der Waals surface area contributed by atoms with Gasteiger partial charge in [-0.25, -0.2) is 0 Å². The molecule has 5 atom stereocenters. The van der Waals surface area contributed by atoms with Gasteiger partial charge in [-0.15, -0.1) is 0 Å². The average molecular weight is 222 g/mol. The van der Waals surface area contributed by atoms with Crippen molar-refractivity contribution in [3.05, 3.63) is 11.6 Å². The van der Waals surface area contributed by atoms with Crippen LogP contribution in [0.15, 0.2) is 11.6 Å². The molecule has 1 N–H and O–H groups in total. The van der Waals surface area contributed by atoms with E-state index in [1.165, 1.54) is 5.57 Å². The van der Waals surface area contributed by atoms with Crippen molar-refractivity contribution in [2.45, 2.75) is 64.3 Å². The van der Waals surface area contributed by atoms with Gasteiger partial charge < -0.3 is 9.84 Å². The Hall–Kier alpha value is -0.340. The Morgan fingerprint density at radius 1 is 1.44 bits per heavy atom. The molecule has 1 aliphatic heterocycles. The van der Waals surface area contributed by atoms with E-state index in [0.29, 0.717) is 5.92 Å². The summed E-state index contributed by atoms with van der Waals surface area (Å²) in [7, 11) is 0. The number of aliphatic hydroxyl groups is 1. The SMILES string of the molecule is CC1=CC[C@@]2(C)CC[C@@]3(O)C(C)O[C@@H](C1)[C@H]23. The second kappa shape index (κ2) is 3.11. The predicted octanol–water partition coefficient (Wildman–Crippen LogP) is 2.66. The Labute approximate surface area is 97.7 Å². The van der Waals surface area contributed by atoms with E-state index >= 15 is 0 Å². The van der Waals surface area contributed by atoms with E-state index in [1.54, 1.807) is 0 Å². The second-order valence-electron chi connectivity index (χ2n) is 6.40. The van der Waals surface area contributed by atoms with Crippen molar-refractivity contribution >= 4 is 0 Å². The fourth-order valence-corrected chi connectivity index (χ4v) is 4.29. The molecule has 16 heavy (non-hydrogen) atoms. The maximum absolute atomic E-state index is 10.8. The van der Waals surface area contributed by atoms with Crippen molar-refractivity contribution in [2.24, 2.45) is 11.3 Å². The largest absolute Gasteiger partial charge is 0.387 e. The van der Waals surface area contributed by atoms with Gasteiger partial charge in [-0.2, -0.15) is 0 Å². The molecule has 3 aliphatic rings. The standard InChI is InChI=1S/C14H22O2/c1-9-4-5-13(3)6-7-14(15)10(2)16-11(8-9)12(13)14/h4,10-12,15H,5-8H2,1-3H3/t10?,11-,12+,13-,14+/m0/s1. The van der Waals surface area contributed by atoms with Gasteiger partial charge in [0, 0.05) is 5.92 Å². The first kappa shape index (κ1) is 10.8. The van der Waals surface area contributed by atoms with Crippen LogP contribution in [0.1, 0.15) is 46.5 Å². The van der Waals surface area contributed by atoms with Gasteiger partial charge in [-0.3, -0.25) is 0 Å². The molecule has 0 aromatic carbocycles. The van der Waals surface area contributed by atoms with Crippen LogP contribution in [0, 0.1) is 11.3 Å². The van der Waals surface area contributed by atoms with Crippen LogP contribution in [-0.2, 0) is 4.74 Å². The molecule has 2 aliphatic carbocycles. The lowest BCUT2D eigenvalue weighted by molar-refractivity contribution is -0.0421. The van der Waals surface area contributed by atoms with Gasteiger partial charge in [0.1, 0.15) is 0 Å². The van der Waals surface area contributed by atoms with E-state index in [0.717, 1.165) is 25.7 Å². The summed E-state index contributed by atoms with van der Waals surface area (Å²) < 4.78 is 6.03. The van der Waals surface area contributed by atoms with Crippen molar-refractivity contribution in [1.82, 2.24) is 0 Å². The van der Waals surface area contributed by atoms with Crippen LogP contribution < -0.4 is 0 Å². The third-order valence-electron chi connectivity index (χ3n) is 5.28. The molecule has 0 bridgehead atoms. The number of ether oxygens (including phenoxy) is 1. The summed E-state index contributed by atoms with van der Waals surface area (Å²) in [5.41, 5.74) is 1.12. The molecule has 3 rings (SSSR count). The third-order valence-corrected chi connectivity index (χ3v) is 5.28. The molecular weight excluding hydrogens is 200 g/mol. The average Bonchev–Trinajstić information content (AvgIpc) is 2.56. The molecule has 90 valence electrons. The monoisotopic (exact) mass is 222 g/mol. The van der Waals surface area contributed by atoms with Gasteiger partial charge in [0.2, 0.25) is 0 Å². The van der Waals surface area contributed by atoms with Gasteiger partial charge in [0.05, 0.1) is 17.8 Å². The molecule has 2 fully saturated rings.